The number of H-pyrrole nitrogens is 1. The molecule has 0 saturated carbocycles. The molecule has 1 fully saturated rings. The van der Waals surface area contributed by atoms with Crippen molar-refractivity contribution in [1.82, 2.24) is 19.9 Å². The maximum atomic E-state index is 12.2. The summed E-state index contributed by atoms with van der Waals surface area (Å²) in [5.41, 5.74) is 2.87. The van der Waals surface area contributed by atoms with Gasteiger partial charge in [0.05, 0.1) is 5.69 Å². The van der Waals surface area contributed by atoms with Crippen LogP contribution in [0, 0.1) is 0 Å². The Labute approximate surface area is 165 Å². The van der Waals surface area contributed by atoms with Gasteiger partial charge >= 0.3 is 0 Å². The zero-order valence-electron chi connectivity index (χ0n) is 16.2. The number of aromatic amines is 1. The van der Waals surface area contributed by atoms with Crippen LogP contribution in [0.15, 0.2) is 65.6 Å². The molecular formula is C23H26N4O. The van der Waals surface area contributed by atoms with Gasteiger partial charge in [-0.25, -0.2) is 4.98 Å². The topological polar surface area (TPSA) is 61.9 Å². The molecule has 144 valence electrons. The first kappa shape index (κ1) is 18.6. The van der Waals surface area contributed by atoms with Crippen LogP contribution in [0.1, 0.15) is 42.9 Å². The molecule has 0 spiro atoms. The average molecular weight is 374 g/mol. The fourth-order valence-corrected chi connectivity index (χ4v) is 3.91. The zero-order valence-corrected chi connectivity index (χ0v) is 16.2. The Bertz CT molecular complexity index is 955. The Morgan fingerprint density at radius 2 is 2.00 bits per heavy atom. The fourth-order valence-electron chi connectivity index (χ4n) is 3.91. The summed E-state index contributed by atoms with van der Waals surface area (Å²) in [4.78, 5) is 26.5. The minimum absolute atomic E-state index is 0.109. The van der Waals surface area contributed by atoms with Crippen molar-refractivity contribution < 1.29 is 0 Å². The summed E-state index contributed by atoms with van der Waals surface area (Å²) in [6.07, 6.45) is 3.89. The molecule has 0 radical (unpaired) electrons. The number of aromatic nitrogens is 3. The second-order valence-corrected chi connectivity index (χ2v) is 7.62. The minimum Gasteiger partial charge on any atom is -0.305 e. The van der Waals surface area contributed by atoms with Crippen LogP contribution in [0.4, 0.5) is 0 Å². The van der Waals surface area contributed by atoms with E-state index in [1.54, 1.807) is 12.3 Å². The van der Waals surface area contributed by atoms with Crippen LogP contribution in [0.3, 0.4) is 0 Å². The molecule has 28 heavy (non-hydrogen) atoms. The van der Waals surface area contributed by atoms with E-state index in [-0.39, 0.29) is 5.56 Å². The molecule has 3 aromatic rings. The molecule has 5 heteroatoms. The third-order valence-electron chi connectivity index (χ3n) is 5.61. The normalized spacial score (nSPS) is 18.2. The van der Waals surface area contributed by atoms with E-state index in [0.29, 0.717) is 23.4 Å². The number of likely N-dealkylation sites (tertiary alicyclic amines) is 1. The Morgan fingerprint density at radius 1 is 1.18 bits per heavy atom. The number of benzene rings is 1. The van der Waals surface area contributed by atoms with Gasteiger partial charge in [-0.05, 0) is 49.5 Å². The predicted octanol–water partition coefficient (Wildman–Crippen LogP) is 3.82. The van der Waals surface area contributed by atoms with Gasteiger partial charge in [-0.3, -0.25) is 9.78 Å². The number of hydrogen-bond acceptors (Lipinski definition) is 4. The molecule has 1 saturated heterocycles. The van der Waals surface area contributed by atoms with Crippen molar-refractivity contribution in [2.75, 3.05) is 19.6 Å². The fraction of sp³-hybridized carbons (Fsp3) is 0.348. The maximum Gasteiger partial charge on any atom is 0.251 e. The molecule has 2 aromatic heterocycles. The number of rotatable bonds is 6. The molecule has 3 heterocycles. The van der Waals surface area contributed by atoms with Crippen LogP contribution in [0.5, 0.6) is 0 Å². The van der Waals surface area contributed by atoms with Crippen molar-refractivity contribution in [2.24, 2.45) is 0 Å². The molecule has 5 nitrogen and oxygen atoms in total. The van der Waals surface area contributed by atoms with Crippen molar-refractivity contribution >= 4 is 0 Å². The third kappa shape index (κ3) is 4.37. The van der Waals surface area contributed by atoms with Crippen molar-refractivity contribution in [3.8, 4) is 11.5 Å². The molecule has 0 bridgehead atoms. The van der Waals surface area contributed by atoms with Crippen molar-refractivity contribution in [3.05, 3.63) is 82.4 Å². The molecule has 4 rings (SSSR count). The Morgan fingerprint density at radius 3 is 2.79 bits per heavy atom. The van der Waals surface area contributed by atoms with E-state index in [9.17, 15) is 4.79 Å². The largest absolute Gasteiger partial charge is 0.305 e. The summed E-state index contributed by atoms with van der Waals surface area (Å²) in [7, 11) is 0. The minimum atomic E-state index is -0.109. The lowest BCUT2D eigenvalue weighted by Crippen LogP contribution is -2.23. The highest BCUT2D eigenvalue weighted by atomic mass is 16.1. The van der Waals surface area contributed by atoms with Crippen molar-refractivity contribution in [3.63, 3.8) is 0 Å². The SMILES string of the molecule is CC(CCN1CCC(c2cc(=O)[nH]c(-c3ccccn3)n2)C1)c1ccccc1. The molecule has 0 amide bonds. The van der Waals surface area contributed by atoms with E-state index < -0.39 is 0 Å². The first-order chi connectivity index (χ1) is 13.7. The van der Waals surface area contributed by atoms with Gasteiger partial charge in [0, 0.05) is 24.7 Å². The third-order valence-corrected chi connectivity index (χ3v) is 5.61. The molecule has 2 atom stereocenters. The van der Waals surface area contributed by atoms with E-state index in [4.69, 9.17) is 4.98 Å². The number of pyridine rings is 1. The molecular weight excluding hydrogens is 348 g/mol. The Hall–Kier alpha value is -2.79. The van der Waals surface area contributed by atoms with Gasteiger partial charge in [-0.1, -0.05) is 43.3 Å². The monoisotopic (exact) mass is 374 g/mol. The molecule has 1 aliphatic rings. The molecule has 1 N–H and O–H groups in total. The average Bonchev–Trinajstić information content (AvgIpc) is 3.22. The van der Waals surface area contributed by atoms with Crippen LogP contribution in [-0.2, 0) is 0 Å². The lowest BCUT2D eigenvalue weighted by Gasteiger charge is -2.19. The van der Waals surface area contributed by atoms with Gasteiger partial charge in [0.1, 0.15) is 5.69 Å². The maximum absolute atomic E-state index is 12.2. The van der Waals surface area contributed by atoms with Crippen LogP contribution in [-0.4, -0.2) is 39.5 Å². The van der Waals surface area contributed by atoms with E-state index in [1.165, 1.54) is 5.56 Å². The van der Waals surface area contributed by atoms with Crippen LogP contribution in [0.2, 0.25) is 0 Å². The first-order valence-corrected chi connectivity index (χ1v) is 9.99. The highest BCUT2D eigenvalue weighted by Gasteiger charge is 2.26. The van der Waals surface area contributed by atoms with E-state index in [2.05, 4.69) is 52.1 Å². The van der Waals surface area contributed by atoms with Crippen molar-refractivity contribution in [2.45, 2.75) is 31.6 Å². The van der Waals surface area contributed by atoms with E-state index in [1.807, 2.05) is 18.2 Å². The summed E-state index contributed by atoms with van der Waals surface area (Å²) >= 11 is 0. The molecule has 0 aliphatic carbocycles. The summed E-state index contributed by atoms with van der Waals surface area (Å²) in [5, 5.41) is 0. The summed E-state index contributed by atoms with van der Waals surface area (Å²) < 4.78 is 0. The highest BCUT2D eigenvalue weighted by molar-refractivity contribution is 5.48. The number of hydrogen-bond donors (Lipinski definition) is 1. The zero-order chi connectivity index (χ0) is 19.3. The van der Waals surface area contributed by atoms with Gasteiger partial charge in [-0.2, -0.15) is 0 Å². The number of nitrogens with zero attached hydrogens (tertiary/aromatic N) is 3. The van der Waals surface area contributed by atoms with E-state index in [0.717, 1.165) is 38.2 Å². The first-order valence-electron chi connectivity index (χ1n) is 9.99. The number of nitrogens with one attached hydrogen (secondary N) is 1. The molecule has 2 unspecified atom stereocenters. The standard InChI is InChI=1S/C23H26N4O/c1-17(18-7-3-2-4-8-18)10-13-27-14-11-19(16-27)21-15-22(28)26-23(25-21)20-9-5-6-12-24-20/h2-9,12,15,17,19H,10-11,13-14,16H2,1H3,(H,25,26,28). The van der Waals surface area contributed by atoms with Gasteiger partial charge in [-0.15, -0.1) is 0 Å². The van der Waals surface area contributed by atoms with Gasteiger partial charge in [0.15, 0.2) is 5.82 Å². The van der Waals surface area contributed by atoms with Crippen LogP contribution in [0.25, 0.3) is 11.5 Å². The highest BCUT2D eigenvalue weighted by Crippen LogP contribution is 2.27. The van der Waals surface area contributed by atoms with E-state index >= 15 is 0 Å². The lowest BCUT2D eigenvalue weighted by molar-refractivity contribution is 0.320. The van der Waals surface area contributed by atoms with Gasteiger partial charge in [0.25, 0.3) is 5.56 Å². The second kappa shape index (κ2) is 8.48. The van der Waals surface area contributed by atoms with Gasteiger partial charge < -0.3 is 9.88 Å². The quantitative estimate of drug-likeness (QED) is 0.713. The Kier molecular flexibility index (Phi) is 5.63. The van der Waals surface area contributed by atoms with Crippen molar-refractivity contribution in [1.29, 1.82) is 0 Å². The smallest absolute Gasteiger partial charge is 0.251 e. The van der Waals surface area contributed by atoms with Gasteiger partial charge in [0.2, 0.25) is 0 Å². The second-order valence-electron chi connectivity index (χ2n) is 7.62. The summed E-state index contributed by atoms with van der Waals surface area (Å²) in [5.74, 6) is 1.41. The van der Waals surface area contributed by atoms with Crippen LogP contribution < -0.4 is 5.56 Å². The predicted molar refractivity (Wildman–Crippen MR) is 111 cm³/mol. The molecule has 1 aromatic carbocycles. The Balaban J connectivity index is 1.40. The summed E-state index contributed by atoms with van der Waals surface area (Å²) in [6.45, 7) is 5.38. The van der Waals surface area contributed by atoms with Crippen LogP contribution >= 0.6 is 0 Å². The lowest BCUT2D eigenvalue weighted by atomic mass is 9.98. The molecule has 1 aliphatic heterocycles. The summed E-state index contributed by atoms with van der Waals surface area (Å²) in [6, 6.07) is 18.0.